The van der Waals surface area contributed by atoms with Gasteiger partial charge in [-0.3, -0.25) is 10.1 Å². The molecule has 0 radical (unpaired) electrons. The third-order valence-corrected chi connectivity index (χ3v) is 2.28. The molecule has 0 heterocycles. The van der Waals surface area contributed by atoms with Gasteiger partial charge in [0.1, 0.15) is 5.69 Å². The molecule has 0 spiro atoms. The van der Waals surface area contributed by atoms with E-state index in [0.717, 1.165) is 0 Å². The van der Waals surface area contributed by atoms with E-state index in [2.05, 4.69) is 12.6 Å². The third kappa shape index (κ3) is 2.87. The quantitative estimate of drug-likeness (QED) is 0.372. The molecule has 0 saturated heterocycles. The first kappa shape index (κ1) is 11.9. The Morgan fingerprint density at radius 2 is 2.27 bits per heavy atom. The number of thiol groups is 1. The fourth-order valence-corrected chi connectivity index (χ4v) is 1.40. The molecule has 1 aromatic carbocycles. The molecular formula is C9H9ClN2O2S. The van der Waals surface area contributed by atoms with Crippen molar-refractivity contribution in [3.63, 3.8) is 0 Å². The Morgan fingerprint density at radius 1 is 1.60 bits per heavy atom. The molecule has 0 aliphatic carbocycles. The second-order valence-electron chi connectivity index (χ2n) is 2.77. The molecule has 4 nitrogen and oxygen atoms in total. The number of halogens is 1. The van der Waals surface area contributed by atoms with Gasteiger partial charge in [0.15, 0.2) is 0 Å². The summed E-state index contributed by atoms with van der Waals surface area (Å²) < 4.78 is 0. The zero-order chi connectivity index (χ0) is 11.4. The van der Waals surface area contributed by atoms with Crippen LogP contribution >= 0.6 is 24.2 Å². The van der Waals surface area contributed by atoms with Crippen molar-refractivity contribution >= 4 is 41.7 Å². The summed E-state index contributed by atoms with van der Waals surface area (Å²) >= 11 is 9.85. The van der Waals surface area contributed by atoms with Crippen molar-refractivity contribution in [1.29, 1.82) is 0 Å². The van der Waals surface area contributed by atoms with E-state index in [0.29, 0.717) is 16.3 Å². The normalized spacial score (nSPS) is 10.8. The molecule has 2 N–H and O–H groups in total. The molecule has 0 fully saturated rings. The van der Waals surface area contributed by atoms with Gasteiger partial charge in [-0.25, -0.2) is 0 Å². The summed E-state index contributed by atoms with van der Waals surface area (Å²) in [6.45, 7) is 0. The predicted molar refractivity (Wildman–Crippen MR) is 65.4 cm³/mol. The van der Waals surface area contributed by atoms with E-state index in [4.69, 9.17) is 17.3 Å². The second-order valence-corrected chi connectivity index (χ2v) is 3.55. The number of nitrogen functional groups attached to an aromatic ring is 1. The van der Waals surface area contributed by atoms with E-state index in [1.165, 1.54) is 12.1 Å². The molecule has 0 aliphatic heterocycles. The Kier molecular flexibility index (Phi) is 3.99. The molecule has 0 amide bonds. The molecule has 0 aromatic heterocycles. The summed E-state index contributed by atoms with van der Waals surface area (Å²) in [6, 6.07) is 2.72. The highest BCUT2D eigenvalue weighted by molar-refractivity contribution is 7.80. The van der Waals surface area contributed by atoms with Crippen LogP contribution in [-0.4, -0.2) is 10.7 Å². The second kappa shape index (κ2) is 5.04. The van der Waals surface area contributed by atoms with Crippen molar-refractivity contribution in [3.8, 4) is 0 Å². The zero-order valence-corrected chi connectivity index (χ0v) is 9.33. The minimum Gasteiger partial charge on any atom is -0.393 e. The number of nitro benzene ring substituents is 1. The number of rotatable bonds is 3. The first-order chi connectivity index (χ1) is 7.06. The highest BCUT2D eigenvalue weighted by atomic mass is 35.5. The lowest BCUT2D eigenvalue weighted by Gasteiger charge is -2.01. The van der Waals surface area contributed by atoms with Crippen LogP contribution in [0.25, 0.3) is 6.08 Å². The number of nitrogens with two attached hydrogens (primary N) is 1. The summed E-state index contributed by atoms with van der Waals surface area (Å²) in [5, 5.41) is 11.0. The van der Waals surface area contributed by atoms with E-state index in [1.807, 2.05) is 0 Å². The summed E-state index contributed by atoms with van der Waals surface area (Å²) in [6.07, 6.45) is 3.41. The minimum atomic E-state index is -0.538. The van der Waals surface area contributed by atoms with Crippen LogP contribution in [0, 0.1) is 10.1 Å². The van der Waals surface area contributed by atoms with Gasteiger partial charge in [-0.05, 0) is 11.6 Å². The van der Waals surface area contributed by atoms with Crippen LogP contribution in [0.2, 0.25) is 5.02 Å². The predicted octanol–water partition coefficient (Wildman–Crippen LogP) is 2.77. The van der Waals surface area contributed by atoms with E-state index in [1.54, 1.807) is 12.2 Å². The maximum atomic E-state index is 10.6. The number of nitrogens with zero attached hydrogens (tertiary/aromatic N) is 1. The Morgan fingerprint density at radius 3 is 2.80 bits per heavy atom. The van der Waals surface area contributed by atoms with Crippen LogP contribution in [0.3, 0.4) is 0 Å². The summed E-state index contributed by atoms with van der Waals surface area (Å²) in [4.78, 5) is 10.1. The van der Waals surface area contributed by atoms with E-state index in [9.17, 15) is 10.1 Å². The number of anilines is 1. The fraction of sp³-hybridized carbons (Fsp3) is 0.111. The van der Waals surface area contributed by atoms with Crippen LogP contribution in [0.15, 0.2) is 18.2 Å². The van der Waals surface area contributed by atoms with Crippen molar-refractivity contribution in [2.45, 2.75) is 0 Å². The Labute approximate surface area is 97.3 Å². The summed E-state index contributed by atoms with van der Waals surface area (Å²) in [5.74, 6) is 0.536. The monoisotopic (exact) mass is 244 g/mol. The van der Waals surface area contributed by atoms with E-state index >= 15 is 0 Å². The molecule has 0 bridgehead atoms. The highest BCUT2D eigenvalue weighted by Gasteiger charge is 2.13. The van der Waals surface area contributed by atoms with Gasteiger partial charge in [-0.2, -0.15) is 12.6 Å². The molecule has 1 rings (SSSR count). The lowest BCUT2D eigenvalue weighted by molar-refractivity contribution is -0.383. The van der Waals surface area contributed by atoms with Crippen LogP contribution in [0.5, 0.6) is 0 Å². The Hall–Kier alpha value is -1.20. The molecular weight excluding hydrogens is 236 g/mol. The first-order valence-electron chi connectivity index (χ1n) is 4.07. The molecule has 0 unspecified atom stereocenters. The SMILES string of the molecule is Nc1cc(Cl)c(C=CCS)cc1[N+](=O)[O-]. The average Bonchev–Trinajstić information content (AvgIpc) is 2.16. The van der Waals surface area contributed by atoms with Crippen molar-refractivity contribution < 1.29 is 4.92 Å². The topological polar surface area (TPSA) is 69.2 Å². The Balaban J connectivity index is 3.23. The number of hydrogen-bond donors (Lipinski definition) is 2. The fourth-order valence-electron chi connectivity index (χ4n) is 1.06. The van der Waals surface area contributed by atoms with Gasteiger partial charge in [0.2, 0.25) is 0 Å². The lowest BCUT2D eigenvalue weighted by Crippen LogP contribution is -1.96. The van der Waals surface area contributed by atoms with Crippen LogP contribution in [0.1, 0.15) is 5.56 Å². The van der Waals surface area contributed by atoms with E-state index in [-0.39, 0.29) is 11.4 Å². The van der Waals surface area contributed by atoms with Gasteiger partial charge in [-0.1, -0.05) is 23.8 Å². The molecule has 15 heavy (non-hydrogen) atoms. The largest absolute Gasteiger partial charge is 0.393 e. The van der Waals surface area contributed by atoms with Gasteiger partial charge in [0, 0.05) is 11.8 Å². The third-order valence-electron chi connectivity index (χ3n) is 1.75. The molecule has 0 atom stereocenters. The van der Waals surface area contributed by atoms with Crippen LogP contribution < -0.4 is 5.73 Å². The van der Waals surface area contributed by atoms with E-state index < -0.39 is 4.92 Å². The minimum absolute atomic E-state index is 0.0630. The van der Waals surface area contributed by atoms with Gasteiger partial charge in [0.25, 0.3) is 5.69 Å². The van der Waals surface area contributed by atoms with Crippen LogP contribution in [-0.2, 0) is 0 Å². The summed E-state index contributed by atoms with van der Waals surface area (Å²) in [7, 11) is 0. The average molecular weight is 245 g/mol. The molecule has 80 valence electrons. The van der Waals surface area contributed by atoms with Gasteiger partial charge in [0.05, 0.1) is 9.95 Å². The molecule has 0 saturated carbocycles. The van der Waals surface area contributed by atoms with Crippen LogP contribution in [0.4, 0.5) is 11.4 Å². The van der Waals surface area contributed by atoms with Gasteiger partial charge in [-0.15, -0.1) is 0 Å². The van der Waals surface area contributed by atoms with Gasteiger partial charge >= 0.3 is 0 Å². The zero-order valence-electron chi connectivity index (χ0n) is 7.68. The first-order valence-corrected chi connectivity index (χ1v) is 5.08. The highest BCUT2D eigenvalue weighted by Crippen LogP contribution is 2.29. The number of benzene rings is 1. The van der Waals surface area contributed by atoms with Crippen molar-refractivity contribution in [2.75, 3.05) is 11.5 Å². The lowest BCUT2D eigenvalue weighted by atomic mass is 10.1. The molecule has 0 aliphatic rings. The van der Waals surface area contributed by atoms with Crippen molar-refractivity contribution in [2.24, 2.45) is 0 Å². The Bertz CT molecular complexity index is 421. The molecule has 1 aromatic rings. The standard InChI is InChI=1S/C9H9ClN2O2S/c10-7-5-8(11)9(12(13)14)4-6(7)2-1-3-15/h1-2,4-5,15H,3,11H2. The molecule has 6 heteroatoms. The summed E-state index contributed by atoms with van der Waals surface area (Å²) in [5.41, 5.74) is 5.94. The maximum absolute atomic E-state index is 10.6. The smallest absolute Gasteiger partial charge is 0.292 e. The maximum Gasteiger partial charge on any atom is 0.292 e. The number of nitro groups is 1. The number of hydrogen-bond acceptors (Lipinski definition) is 4. The van der Waals surface area contributed by atoms with Crippen molar-refractivity contribution in [3.05, 3.63) is 38.9 Å². The van der Waals surface area contributed by atoms with Gasteiger partial charge < -0.3 is 5.73 Å². The van der Waals surface area contributed by atoms with Crippen molar-refractivity contribution in [1.82, 2.24) is 0 Å².